The van der Waals surface area contributed by atoms with E-state index in [0.29, 0.717) is 11.5 Å². The highest BCUT2D eigenvalue weighted by Crippen LogP contribution is 2.40. The molecule has 1 heterocycles. The van der Waals surface area contributed by atoms with Gasteiger partial charge in [0.2, 0.25) is 5.91 Å². The van der Waals surface area contributed by atoms with Crippen LogP contribution in [0.1, 0.15) is 22.5 Å². The highest BCUT2D eigenvalue weighted by molar-refractivity contribution is 7.52. The number of carbonyl (C=O) groups is 3. The van der Waals surface area contributed by atoms with Gasteiger partial charge >= 0.3 is 12.1 Å². The largest absolute Gasteiger partial charge is 0.480 e. The monoisotopic (exact) mass is 679 g/mol. The van der Waals surface area contributed by atoms with Crippen molar-refractivity contribution in [3.05, 3.63) is 150 Å². The molecule has 0 bridgehead atoms. The van der Waals surface area contributed by atoms with Gasteiger partial charge in [-0.25, -0.2) is 9.59 Å². The molecule has 49 heavy (non-hydrogen) atoms. The van der Waals surface area contributed by atoms with E-state index >= 15 is 0 Å². The van der Waals surface area contributed by atoms with Crippen molar-refractivity contribution in [2.75, 3.05) is 6.16 Å². The Balaban J connectivity index is 1.36. The van der Waals surface area contributed by atoms with Crippen LogP contribution in [0.25, 0.3) is 11.3 Å². The van der Waals surface area contributed by atoms with Gasteiger partial charge in [0.05, 0.1) is 11.7 Å². The van der Waals surface area contributed by atoms with Gasteiger partial charge in [-0.3, -0.25) is 4.79 Å². The van der Waals surface area contributed by atoms with Crippen LogP contribution in [0.15, 0.2) is 132 Å². The van der Waals surface area contributed by atoms with Crippen LogP contribution in [-0.4, -0.2) is 51.1 Å². The van der Waals surface area contributed by atoms with E-state index in [1.807, 2.05) is 97.1 Å². The number of carbonyl (C=O) groups excluding carboxylic acids is 2. The highest BCUT2D eigenvalue weighted by atomic mass is 31.1. The van der Waals surface area contributed by atoms with Crippen LogP contribution in [0.2, 0.25) is 0 Å². The predicted molar refractivity (Wildman–Crippen MR) is 187 cm³/mol. The number of rotatable bonds is 16. The quantitative estimate of drug-likeness (QED) is 0.0901. The van der Waals surface area contributed by atoms with Gasteiger partial charge in [-0.05, 0) is 23.1 Å². The fraction of sp³-hybridized carbons (Fsp3) is 0.211. The van der Waals surface area contributed by atoms with Crippen molar-refractivity contribution >= 4 is 26.1 Å². The zero-order chi connectivity index (χ0) is 34.4. The summed E-state index contributed by atoms with van der Waals surface area (Å²) in [5.74, 6) is -3.03. The lowest BCUT2D eigenvalue weighted by atomic mass is 10.0. The molecule has 4 aromatic carbocycles. The molecule has 4 N–H and O–H groups in total. The van der Waals surface area contributed by atoms with Crippen LogP contribution in [0.5, 0.6) is 0 Å². The Hall–Kier alpha value is -5.31. The molecule has 0 saturated carbocycles. The minimum absolute atomic E-state index is 0.0409. The number of nitrogens with zero attached hydrogens (tertiary/aromatic N) is 1. The van der Waals surface area contributed by atoms with Crippen molar-refractivity contribution in [2.45, 2.75) is 37.7 Å². The number of amides is 2. The summed E-state index contributed by atoms with van der Waals surface area (Å²) >= 11 is 0. The van der Waals surface area contributed by atoms with Crippen molar-refractivity contribution in [1.29, 1.82) is 0 Å². The van der Waals surface area contributed by atoms with Crippen molar-refractivity contribution in [2.24, 2.45) is 5.92 Å². The molecule has 0 saturated heterocycles. The molecule has 0 aliphatic carbocycles. The molecule has 5 aromatic rings. The van der Waals surface area contributed by atoms with Gasteiger partial charge in [0.1, 0.15) is 24.1 Å². The Morgan fingerprint density at radius 1 is 0.735 bits per heavy atom. The second-order valence-electron chi connectivity index (χ2n) is 11.6. The number of ether oxygens (including phenoxy) is 1. The topological polar surface area (TPSA) is 151 Å². The maximum Gasteiger partial charge on any atom is 0.408 e. The van der Waals surface area contributed by atoms with E-state index in [2.05, 4.69) is 15.8 Å². The fourth-order valence-corrected chi connectivity index (χ4v) is 6.98. The zero-order valence-corrected chi connectivity index (χ0v) is 27.6. The first-order valence-corrected chi connectivity index (χ1v) is 17.4. The van der Waals surface area contributed by atoms with Crippen LogP contribution in [0.3, 0.4) is 0 Å². The summed E-state index contributed by atoms with van der Waals surface area (Å²) in [5.41, 5.74) is 3.84. The molecule has 252 valence electrons. The minimum atomic E-state index is -2.04. The van der Waals surface area contributed by atoms with Crippen LogP contribution >= 0.6 is 8.15 Å². The third kappa shape index (κ3) is 10.9. The third-order valence-electron chi connectivity index (χ3n) is 7.88. The Morgan fingerprint density at radius 2 is 1.29 bits per heavy atom. The number of carboxylic acid groups (broad SMARTS) is 1. The van der Waals surface area contributed by atoms with Gasteiger partial charge in [0.15, 0.2) is 0 Å². The van der Waals surface area contributed by atoms with E-state index in [4.69, 9.17) is 9.26 Å². The summed E-state index contributed by atoms with van der Waals surface area (Å²) in [6, 6.07) is 37.6. The molecule has 2 amide bonds. The lowest BCUT2D eigenvalue weighted by Gasteiger charge is -2.27. The average molecular weight is 680 g/mol. The number of aromatic nitrogens is 1. The molecule has 0 spiro atoms. The van der Waals surface area contributed by atoms with E-state index < -0.39 is 43.9 Å². The van der Waals surface area contributed by atoms with Crippen LogP contribution < -0.4 is 10.6 Å². The summed E-state index contributed by atoms with van der Waals surface area (Å²) in [7, 11) is -2.04. The van der Waals surface area contributed by atoms with Crippen molar-refractivity contribution < 1.29 is 33.6 Å². The highest BCUT2D eigenvalue weighted by Gasteiger charge is 2.32. The molecule has 0 aliphatic heterocycles. The number of hydrogen-bond donors (Lipinski definition) is 4. The van der Waals surface area contributed by atoms with E-state index in [-0.39, 0.29) is 32.0 Å². The number of aliphatic carboxylic acids is 1. The second-order valence-corrected chi connectivity index (χ2v) is 13.4. The molecule has 5 rings (SSSR count). The van der Waals surface area contributed by atoms with Gasteiger partial charge in [0, 0.05) is 38.8 Å². The third-order valence-corrected chi connectivity index (χ3v) is 9.73. The molecular weight excluding hydrogens is 641 g/mol. The van der Waals surface area contributed by atoms with E-state index in [9.17, 15) is 24.4 Å². The van der Waals surface area contributed by atoms with E-state index in [1.54, 1.807) is 30.3 Å². The van der Waals surface area contributed by atoms with Crippen LogP contribution in [0.4, 0.5) is 4.79 Å². The Kier molecular flexibility index (Phi) is 12.7. The van der Waals surface area contributed by atoms with Gasteiger partial charge in [0.25, 0.3) is 0 Å². The number of nitrogens with one attached hydrogen (secondary N) is 2. The van der Waals surface area contributed by atoms with Crippen molar-refractivity contribution in [3.63, 3.8) is 0 Å². The van der Waals surface area contributed by atoms with E-state index in [1.165, 1.54) is 0 Å². The SMILES string of the molecule is O=C(N[C@@H](Cc1ccccc1)P(O)C[C@@H](Cc1cc(-c2ccccc2)no1)C(=O)NC(Cc1ccccc1)C(=O)O)OCc1ccccc1. The summed E-state index contributed by atoms with van der Waals surface area (Å²) in [6.07, 6.45) is -0.363. The minimum Gasteiger partial charge on any atom is -0.480 e. The first-order chi connectivity index (χ1) is 23.8. The lowest BCUT2D eigenvalue weighted by molar-refractivity contribution is -0.142. The van der Waals surface area contributed by atoms with E-state index in [0.717, 1.165) is 22.3 Å². The van der Waals surface area contributed by atoms with Gasteiger partial charge in [-0.1, -0.05) is 126 Å². The maximum absolute atomic E-state index is 13.9. The molecule has 0 fully saturated rings. The Labute approximate surface area is 286 Å². The lowest BCUT2D eigenvalue weighted by Crippen LogP contribution is -2.46. The van der Waals surface area contributed by atoms with Crippen molar-refractivity contribution in [3.8, 4) is 11.3 Å². The number of hydrogen-bond acceptors (Lipinski definition) is 7. The standard InChI is InChI=1S/C38H38N3O7P/c42-36(39-34(37(43)44)21-27-13-5-1-6-14-27)31(23-32-24-33(41-48-32)30-19-11-4-12-20-30)26-49(46)35(22-28-15-7-2-8-16-28)40-38(45)47-25-29-17-9-3-10-18-29/h1-20,24,31,34-35,46H,21-23,25-26H2,(H,39,42)(H,40,45)(H,43,44)/t31-,34?,35-,49?/m1/s1. The maximum atomic E-state index is 13.9. The van der Waals surface area contributed by atoms with Gasteiger partial charge < -0.3 is 29.9 Å². The molecule has 0 radical (unpaired) electrons. The molecule has 4 atom stereocenters. The Morgan fingerprint density at radius 3 is 1.88 bits per heavy atom. The smallest absolute Gasteiger partial charge is 0.408 e. The predicted octanol–water partition coefficient (Wildman–Crippen LogP) is 6.20. The first-order valence-electron chi connectivity index (χ1n) is 15.9. The van der Waals surface area contributed by atoms with Crippen LogP contribution in [0, 0.1) is 5.92 Å². The van der Waals surface area contributed by atoms with Gasteiger partial charge in [-0.15, -0.1) is 0 Å². The first kappa shape index (κ1) is 35.0. The molecule has 11 heteroatoms. The average Bonchev–Trinajstić information content (AvgIpc) is 3.60. The molecule has 10 nitrogen and oxygen atoms in total. The second kappa shape index (κ2) is 17.7. The summed E-state index contributed by atoms with van der Waals surface area (Å²) < 4.78 is 11.1. The number of carboxylic acids is 1. The summed E-state index contributed by atoms with van der Waals surface area (Å²) in [5, 5.41) is 19.7. The summed E-state index contributed by atoms with van der Waals surface area (Å²) in [6.45, 7) is 0.0480. The number of alkyl carbamates (subject to hydrolysis) is 1. The zero-order valence-electron chi connectivity index (χ0n) is 26.7. The molecular formula is C38H38N3O7P. The number of benzene rings is 4. The molecule has 0 aliphatic rings. The Bertz CT molecular complexity index is 1770. The van der Waals surface area contributed by atoms with Gasteiger partial charge in [-0.2, -0.15) is 0 Å². The molecule has 1 aromatic heterocycles. The van der Waals surface area contributed by atoms with Crippen LogP contribution in [-0.2, 0) is 40.2 Å². The normalized spacial score (nSPS) is 13.4. The van der Waals surface area contributed by atoms with Crippen molar-refractivity contribution in [1.82, 2.24) is 15.8 Å². The molecule has 2 unspecified atom stereocenters. The summed E-state index contributed by atoms with van der Waals surface area (Å²) in [4.78, 5) is 50.8. The fourth-order valence-electron chi connectivity index (χ4n) is 5.30.